The summed E-state index contributed by atoms with van der Waals surface area (Å²) in [5, 5.41) is 11.1. The van der Waals surface area contributed by atoms with Crippen LogP contribution in [0.25, 0.3) is 11.0 Å². The summed E-state index contributed by atoms with van der Waals surface area (Å²) in [5.41, 5.74) is 2.55. The van der Waals surface area contributed by atoms with Crippen molar-refractivity contribution < 1.29 is 19.1 Å². The molecule has 0 radical (unpaired) electrons. The molecule has 0 saturated heterocycles. The maximum atomic E-state index is 13.8. The van der Waals surface area contributed by atoms with Crippen LogP contribution in [-0.4, -0.2) is 59.2 Å². The number of hydrogen-bond donors (Lipinski definition) is 1. The fourth-order valence-electron chi connectivity index (χ4n) is 3.75. The van der Waals surface area contributed by atoms with Crippen molar-refractivity contribution >= 4 is 28.5 Å². The van der Waals surface area contributed by atoms with Crippen LogP contribution in [-0.2, 0) is 20.9 Å². The fraction of sp³-hybridized carbons (Fsp3) is 0.240. The third-order valence-corrected chi connectivity index (χ3v) is 5.46. The summed E-state index contributed by atoms with van der Waals surface area (Å²) in [6, 6.07) is 16.8. The van der Waals surface area contributed by atoms with Gasteiger partial charge in [-0.15, -0.1) is 5.10 Å². The molecule has 4 aromatic rings. The van der Waals surface area contributed by atoms with E-state index in [-0.39, 0.29) is 18.4 Å². The van der Waals surface area contributed by atoms with E-state index >= 15 is 0 Å². The van der Waals surface area contributed by atoms with Gasteiger partial charge in [0, 0.05) is 31.7 Å². The molecule has 10 heteroatoms. The first-order chi connectivity index (χ1) is 17.1. The molecule has 2 aromatic heterocycles. The van der Waals surface area contributed by atoms with Gasteiger partial charge in [0.1, 0.15) is 23.9 Å². The van der Waals surface area contributed by atoms with Crippen LogP contribution >= 0.6 is 0 Å². The number of para-hydroxylation sites is 1. The lowest BCUT2D eigenvalue weighted by Crippen LogP contribution is -2.46. The average Bonchev–Trinajstić information content (AvgIpc) is 3.30. The number of aromatic nitrogens is 4. The third-order valence-electron chi connectivity index (χ3n) is 5.46. The summed E-state index contributed by atoms with van der Waals surface area (Å²) in [7, 11) is 3.12. The Morgan fingerprint density at radius 2 is 1.77 bits per heavy atom. The minimum absolute atomic E-state index is 0.112. The Morgan fingerprint density at radius 1 is 1.03 bits per heavy atom. The van der Waals surface area contributed by atoms with Gasteiger partial charge < -0.3 is 14.8 Å². The van der Waals surface area contributed by atoms with Gasteiger partial charge in [-0.3, -0.25) is 19.5 Å². The first-order valence-electron chi connectivity index (χ1n) is 11.0. The number of benzene rings is 2. The van der Waals surface area contributed by atoms with E-state index in [9.17, 15) is 9.59 Å². The lowest BCUT2D eigenvalue weighted by atomic mass is 10.0. The van der Waals surface area contributed by atoms with Crippen LogP contribution in [0.5, 0.6) is 5.75 Å². The van der Waals surface area contributed by atoms with E-state index in [4.69, 9.17) is 9.47 Å². The molecular formula is C25H26N6O4. The number of amides is 2. The van der Waals surface area contributed by atoms with Gasteiger partial charge in [0.15, 0.2) is 0 Å². The average molecular weight is 475 g/mol. The number of carbonyl (C=O) groups is 2. The molecule has 35 heavy (non-hydrogen) atoms. The largest absolute Gasteiger partial charge is 0.497 e. The van der Waals surface area contributed by atoms with E-state index in [0.29, 0.717) is 35.7 Å². The van der Waals surface area contributed by atoms with Gasteiger partial charge in [-0.2, -0.15) is 0 Å². The fourth-order valence-corrected chi connectivity index (χ4v) is 3.75. The molecule has 2 aromatic carbocycles. The normalized spacial score (nSPS) is 11.7. The number of anilines is 1. The van der Waals surface area contributed by atoms with Crippen molar-refractivity contribution in [2.24, 2.45) is 0 Å². The second kappa shape index (κ2) is 11.2. The van der Waals surface area contributed by atoms with E-state index in [1.807, 2.05) is 24.3 Å². The van der Waals surface area contributed by atoms with Crippen molar-refractivity contribution in [2.75, 3.05) is 32.3 Å². The predicted octanol–water partition coefficient (Wildman–Crippen LogP) is 2.37. The molecule has 0 aliphatic heterocycles. The Morgan fingerprint density at radius 3 is 2.49 bits per heavy atom. The van der Waals surface area contributed by atoms with Gasteiger partial charge in [-0.1, -0.05) is 17.3 Å². The quantitative estimate of drug-likeness (QED) is 0.351. The highest BCUT2D eigenvalue weighted by molar-refractivity contribution is 6.01. The monoisotopic (exact) mass is 474 g/mol. The molecule has 1 atom stereocenters. The van der Waals surface area contributed by atoms with Gasteiger partial charge in [0.05, 0.1) is 19.2 Å². The Labute approximate surface area is 202 Å². The van der Waals surface area contributed by atoms with Crippen molar-refractivity contribution in [1.82, 2.24) is 25.3 Å². The molecule has 2 amide bonds. The molecule has 0 bridgehead atoms. The lowest BCUT2D eigenvalue weighted by molar-refractivity contribution is -0.127. The number of nitrogens with one attached hydrogen (secondary N) is 1. The van der Waals surface area contributed by atoms with Crippen molar-refractivity contribution in [3.05, 3.63) is 78.6 Å². The second-order valence-corrected chi connectivity index (χ2v) is 7.66. The summed E-state index contributed by atoms with van der Waals surface area (Å²) < 4.78 is 11.9. The van der Waals surface area contributed by atoms with Crippen molar-refractivity contribution in [2.45, 2.75) is 12.6 Å². The summed E-state index contributed by atoms with van der Waals surface area (Å²) in [6.45, 7) is 0.533. The van der Waals surface area contributed by atoms with Crippen molar-refractivity contribution in [3.63, 3.8) is 0 Å². The molecule has 2 heterocycles. The summed E-state index contributed by atoms with van der Waals surface area (Å²) >= 11 is 0. The second-order valence-electron chi connectivity index (χ2n) is 7.66. The number of carbonyl (C=O) groups excluding carboxylic acids is 2. The number of rotatable bonds is 10. The van der Waals surface area contributed by atoms with Gasteiger partial charge in [0.2, 0.25) is 11.8 Å². The first-order valence-corrected chi connectivity index (χ1v) is 11.0. The molecular weight excluding hydrogens is 448 g/mol. The van der Waals surface area contributed by atoms with Gasteiger partial charge in [0.25, 0.3) is 0 Å². The van der Waals surface area contributed by atoms with Crippen molar-refractivity contribution in [3.8, 4) is 5.75 Å². The SMILES string of the molecule is COCCNC(=O)[C@H](c1ccncc1)N(C(=O)Cn1nnc2ccccc21)c1ccc(OC)cc1. The number of ether oxygens (including phenoxy) is 2. The zero-order valence-corrected chi connectivity index (χ0v) is 19.5. The van der Waals surface area contributed by atoms with Gasteiger partial charge in [-0.25, -0.2) is 4.68 Å². The number of nitrogens with zero attached hydrogens (tertiary/aromatic N) is 5. The highest BCUT2D eigenvalue weighted by Crippen LogP contribution is 2.30. The van der Waals surface area contributed by atoms with Crippen LogP contribution in [0, 0.1) is 0 Å². The van der Waals surface area contributed by atoms with E-state index < -0.39 is 6.04 Å². The Bertz CT molecular complexity index is 1280. The minimum atomic E-state index is -0.953. The van der Waals surface area contributed by atoms with Crippen LogP contribution < -0.4 is 15.0 Å². The molecule has 10 nitrogen and oxygen atoms in total. The topological polar surface area (TPSA) is 111 Å². The minimum Gasteiger partial charge on any atom is -0.497 e. The molecule has 0 unspecified atom stereocenters. The van der Waals surface area contributed by atoms with Gasteiger partial charge >= 0.3 is 0 Å². The van der Waals surface area contributed by atoms with E-state index in [1.54, 1.807) is 63.0 Å². The standard InChI is InChI=1S/C25H26N6O4/c1-34-16-15-27-25(33)24(18-11-13-26-14-12-18)31(19-7-9-20(35-2)10-8-19)23(32)17-30-22-6-4-3-5-21(22)28-29-30/h3-14,24H,15-17H2,1-2H3,(H,27,33)/t24-/m0/s1. The highest BCUT2D eigenvalue weighted by Gasteiger charge is 2.33. The van der Waals surface area contributed by atoms with E-state index in [2.05, 4.69) is 20.6 Å². The predicted molar refractivity (Wildman–Crippen MR) is 130 cm³/mol. The Balaban J connectivity index is 1.75. The molecule has 0 aliphatic carbocycles. The van der Waals surface area contributed by atoms with Crippen LogP contribution in [0.15, 0.2) is 73.1 Å². The summed E-state index contributed by atoms with van der Waals surface area (Å²) in [5.74, 6) is -0.0520. The molecule has 0 spiro atoms. The number of methoxy groups -OCH3 is 2. The Kier molecular flexibility index (Phi) is 7.63. The molecule has 1 N–H and O–H groups in total. The van der Waals surface area contributed by atoms with E-state index in [0.717, 1.165) is 5.52 Å². The molecule has 4 rings (SSSR count). The van der Waals surface area contributed by atoms with E-state index in [1.165, 1.54) is 9.58 Å². The highest BCUT2D eigenvalue weighted by atomic mass is 16.5. The zero-order valence-electron chi connectivity index (χ0n) is 19.5. The maximum Gasteiger partial charge on any atom is 0.249 e. The number of hydrogen-bond acceptors (Lipinski definition) is 7. The van der Waals surface area contributed by atoms with Crippen LogP contribution in [0.1, 0.15) is 11.6 Å². The van der Waals surface area contributed by atoms with Crippen LogP contribution in [0.4, 0.5) is 5.69 Å². The molecule has 0 aliphatic rings. The van der Waals surface area contributed by atoms with Crippen LogP contribution in [0.2, 0.25) is 0 Å². The molecule has 180 valence electrons. The third kappa shape index (κ3) is 5.44. The maximum absolute atomic E-state index is 13.8. The molecule has 0 saturated carbocycles. The Hall–Kier alpha value is -4.31. The number of pyridine rings is 1. The zero-order chi connectivity index (χ0) is 24.6. The first kappa shape index (κ1) is 23.8. The van der Waals surface area contributed by atoms with Crippen molar-refractivity contribution in [1.29, 1.82) is 0 Å². The lowest BCUT2D eigenvalue weighted by Gasteiger charge is -2.31. The summed E-state index contributed by atoms with van der Waals surface area (Å²) in [6.07, 6.45) is 3.18. The molecule has 0 fully saturated rings. The number of fused-ring (bicyclic) bond motifs is 1. The van der Waals surface area contributed by atoms with Gasteiger partial charge in [-0.05, 0) is 54.1 Å². The summed E-state index contributed by atoms with van der Waals surface area (Å²) in [4.78, 5) is 32.8. The smallest absolute Gasteiger partial charge is 0.249 e. The van der Waals surface area contributed by atoms with Crippen LogP contribution in [0.3, 0.4) is 0 Å².